The lowest BCUT2D eigenvalue weighted by Gasteiger charge is -2.25. The van der Waals surface area contributed by atoms with Gasteiger partial charge in [0.2, 0.25) is 5.91 Å². The Balaban J connectivity index is 3.98. The van der Waals surface area contributed by atoms with E-state index in [1.807, 2.05) is 6.92 Å². The summed E-state index contributed by atoms with van der Waals surface area (Å²) in [6.45, 7) is 5.74. The first-order valence-electron chi connectivity index (χ1n) is 6.41. The Labute approximate surface area is 117 Å². The number of amides is 3. The lowest BCUT2D eigenvalue weighted by molar-refractivity contribution is -0.757. The minimum atomic E-state index is -1.07. The second kappa shape index (κ2) is 8.94. The monoisotopic (exact) mass is 290 g/mol. The van der Waals surface area contributed by atoms with Gasteiger partial charge >= 0.3 is 6.03 Å². The summed E-state index contributed by atoms with van der Waals surface area (Å²) in [5.41, 5.74) is -1.07. The van der Waals surface area contributed by atoms with Crippen LogP contribution in [0.4, 0.5) is 4.79 Å². The van der Waals surface area contributed by atoms with Crippen LogP contribution >= 0.6 is 0 Å². The van der Waals surface area contributed by atoms with Crippen LogP contribution in [-0.4, -0.2) is 42.3 Å². The van der Waals surface area contributed by atoms with Crippen molar-refractivity contribution in [1.82, 2.24) is 16.0 Å². The molecule has 0 aliphatic carbocycles. The van der Waals surface area contributed by atoms with Crippen molar-refractivity contribution in [2.75, 3.05) is 19.7 Å². The van der Waals surface area contributed by atoms with Crippen LogP contribution in [0.25, 0.3) is 0 Å². The van der Waals surface area contributed by atoms with Gasteiger partial charge in [-0.3, -0.25) is 4.79 Å². The van der Waals surface area contributed by atoms with Gasteiger partial charge in [-0.1, -0.05) is 6.92 Å². The van der Waals surface area contributed by atoms with E-state index in [1.165, 1.54) is 0 Å². The molecule has 0 unspecified atom stereocenters. The molecule has 20 heavy (non-hydrogen) atoms. The maximum absolute atomic E-state index is 11.8. The Morgan fingerprint density at radius 2 is 1.90 bits per heavy atom. The second-order valence-electron chi connectivity index (χ2n) is 4.67. The van der Waals surface area contributed by atoms with E-state index >= 15 is 0 Å². The van der Waals surface area contributed by atoms with Gasteiger partial charge < -0.3 is 20.8 Å². The van der Waals surface area contributed by atoms with Crippen LogP contribution in [-0.2, 0) is 9.63 Å². The molecule has 9 nitrogen and oxygen atoms in total. The highest BCUT2D eigenvalue weighted by Gasteiger charge is 2.28. The van der Waals surface area contributed by atoms with Gasteiger partial charge in [-0.05, 0) is 26.7 Å². The van der Waals surface area contributed by atoms with Crippen LogP contribution in [0, 0.1) is 10.1 Å². The van der Waals surface area contributed by atoms with Crippen molar-refractivity contribution in [3.8, 4) is 0 Å². The first kappa shape index (κ1) is 17.9. The summed E-state index contributed by atoms with van der Waals surface area (Å²) in [5, 5.41) is 16.8. The fourth-order valence-corrected chi connectivity index (χ4v) is 1.26. The van der Waals surface area contributed by atoms with E-state index in [1.54, 1.807) is 13.8 Å². The molecular formula is C11H22N4O5. The van der Waals surface area contributed by atoms with Crippen molar-refractivity contribution >= 4 is 11.9 Å². The van der Waals surface area contributed by atoms with E-state index < -0.39 is 16.7 Å². The van der Waals surface area contributed by atoms with E-state index in [2.05, 4.69) is 20.8 Å². The molecule has 0 saturated carbocycles. The Morgan fingerprint density at radius 1 is 1.25 bits per heavy atom. The predicted octanol–water partition coefficient (Wildman–Crippen LogP) is 0.189. The number of hydrogen-bond donors (Lipinski definition) is 3. The Kier molecular flexibility index (Phi) is 8.02. The number of carbonyl (C=O) groups is 2. The summed E-state index contributed by atoms with van der Waals surface area (Å²) in [7, 11) is 0. The molecule has 0 bridgehead atoms. The minimum absolute atomic E-state index is 0.0852. The average Bonchev–Trinajstić information content (AvgIpc) is 2.34. The Hall–Kier alpha value is -2.06. The van der Waals surface area contributed by atoms with E-state index in [0.29, 0.717) is 13.0 Å². The maximum Gasteiger partial charge on any atom is 0.315 e. The lowest BCUT2D eigenvalue weighted by atomic mass is 10.1. The molecule has 0 heterocycles. The highest BCUT2D eigenvalue weighted by Crippen LogP contribution is 2.01. The largest absolute Gasteiger partial charge is 0.354 e. The fourth-order valence-electron chi connectivity index (χ4n) is 1.26. The molecule has 0 aromatic heterocycles. The molecule has 0 aliphatic rings. The Bertz CT molecular complexity index is 346. The smallest absolute Gasteiger partial charge is 0.315 e. The maximum atomic E-state index is 11.8. The van der Waals surface area contributed by atoms with Crippen LogP contribution in [0.2, 0.25) is 0 Å². The summed E-state index contributed by atoms with van der Waals surface area (Å²) in [6.07, 6.45) is 1.11. The molecule has 0 aromatic rings. The van der Waals surface area contributed by atoms with Crippen molar-refractivity contribution < 1.29 is 19.5 Å². The average molecular weight is 290 g/mol. The molecule has 0 aromatic carbocycles. The number of hydrogen-bond acceptors (Lipinski definition) is 5. The summed E-state index contributed by atoms with van der Waals surface area (Å²) < 4.78 is 0. The summed E-state index contributed by atoms with van der Waals surface area (Å²) in [4.78, 5) is 37.3. The summed E-state index contributed by atoms with van der Waals surface area (Å²) >= 11 is 0. The predicted molar refractivity (Wildman–Crippen MR) is 71.5 cm³/mol. The van der Waals surface area contributed by atoms with Crippen LogP contribution in [0.1, 0.15) is 33.6 Å². The lowest BCUT2D eigenvalue weighted by Crippen LogP contribution is -2.57. The normalized spacial score (nSPS) is 10.6. The summed E-state index contributed by atoms with van der Waals surface area (Å²) in [5.74, 6) is -0.370. The van der Waals surface area contributed by atoms with Gasteiger partial charge in [0.05, 0.1) is 6.61 Å². The third-order valence-electron chi connectivity index (χ3n) is 2.33. The van der Waals surface area contributed by atoms with Crippen molar-refractivity contribution in [2.24, 2.45) is 0 Å². The van der Waals surface area contributed by atoms with Gasteiger partial charge in [0.1, 0.15) is 5.54 Å². The van der Waals surface area contributed by atoms with Crippen LogP contribution < -0.4 is 16.0 Å². The topological polar surface area (TPSA) is 123 Å². The number of nitrogens with one attached hydrogen (secondary N) is 3. The molecule has 0 rings (SSSR count). The van der Waals surface area contributed by atoms with Crippen molar-refractivity contribution in [2.45, 2.75) is 39.2 Å². The number of urea groups is 1. The number of rotatable bonds is 9. The molecule has 3 N–H and O–H groups in total. The summed E-state index contributed by atoms with van der Waals surface area (Å²) in [6, 6.07) is -0.413. The van der Waals surface area contributed by atoms with Gasteiger partial charge in [0, 0.05) is 13.1 Å². The molecule has 0 fully saturated rings. The van der Waals surface area contributed by atoms with Gasteiger partial charge in [-0.25, -0.2) is 4.79 Å². The number of nitrogens with zero attached hydrogens (tertiary/aromatic N) is 1. The Morgan fingerprint density at radius 3 is 2.45 bits per heavy atom. The number of carbonyl (C=O) groups excluding carboxylic acids is 2. The first-order valence-corrected chi connectivity index (χ1v) is 6.41. The minimum Gasteiger partial charge on any atom is -0.354 e. The van der Waals surface area contributed by atoms with Crippen LogP contribution in [0.3, 0.4) is 0 Å². The van der Waals surface area contributed by atoms with Gasteiger partial charge in [-0.2, -0.15) is 0 Å². The van der Waals surface area contributed by atoms with Crippen LogP contribution in [0.5, 0.6) is 0 Å². The molecule has 0 spiro atoms. The molecule has 0 aliphatic heterocycles. The zero-order valence-electron chi connectivity index (χ0n) is 12.0. The molecule has 3 amide bonds. The standard InChI is InChI=1S/C11H22N4O5/c1-4-6-13-10(17)14-11(2,3)9(16)12-7-5-8-20-15(18)19/h4-8H2,1-3H3,(H,12,16)(H2,13,14,17). The van der Waals surface area contributed by atoms with E-state index in [0.717, 1.165) is 6.42 Å². The zero-order valence-corrected chi connectivity index (χ0v) is 12.0. The molecule has 0 atom stereocenters. The fraction of sp³-hybridized carbons (Fsp3) is 0.818. The molecule has 0 radical (unpaired) electrons. The highest BCUT2D eigenvalue weighted by atomic mass is 16.9. The van der Waals surface area contributed by atoms with Crippen molar-refractivity contribution in [3.63, 3.8) is 0 Å². The molecule has 0 saturated heterocycles. The van der Waals surface area contributed by atoms with Gasteiger partial charge in [0.25, 0.3) is 5.09 Å². The van der Waals surface area contributed by atoms with Gasteiger partial charge in [-0.15, -0.1) is 10.1 Å². The zero-order chi connectivity index (χ0) is 15.6. The van der Waals surface area contributed by atoms with Crippen molar-refractivity contribution in [3.05, 3.63) is 10.1 Å². The third kappa shape index (κ3) is 8.11. The highest BCUT2D eigenvalue weighted by molar-refractivity contribution is 5.90. The third-order valence-corrected chi connectivity index (χ3v) is 2.33. The SMILES string of the molecule is CCCNC(=O)NC(C)(C)C(=O)NCCCO[N+](=O)[O-]. The van der Waals surface area contributed by atoms with Crippen molar-refractivity contribution in [1.29, 1.82) is 0 Å². The second-order valence-corrected chi connectivity index (χ2v) is 4.67. The molecule has 9 heteroatoms. The molecular weight excluding hydrogens is 268 g/mol. The molecule has 116 valence electrons. The van der Waals surface area contributed by atoms with E-state index in [9.17, 15) is 19.7 Å². The first-order chi connectivity index (χ1) is 9.29. The van der Waals surface area contributed by atoms with Gasteiger partial charge in [0.15, 0.2) is 0 Å². The van der Waals surface area contributed by atoms with E-state index in [4.69, 9.17) is 0 Å². The van der Waals surface area contributed by atoms with E-state index in [-0.39, 0.29) is 19.1 Å². The quantitative estimate of drug-likeness (QED) is 0.318. The van der Waals surface area contributed by atoms with Crippen LogP contribution in [0.15, 0.2) is 0 Å².